The molecule has 1 aromatic carbocycles. The van der Waals surface area contributed by atoms with E-state index in [1.807, 2.05) is 7.05 Å². The fourth-order valence-electron chi connectivity index (χ4n) is 3.92. The Balaban J connectivity index is 1.79. The topological polar surface area (TPSA) is 53.9 Å². The maximum absolute atomic E-state index is 13.7. The van der Waals surface area contributed by atoms with Crippen LogP contribution in [0, 0.1) is 0 Å². The van der Waals surface area contributed by atoms with Crippen LogP contribution < -0.4 is 5.32 Å². The fourth-order valence-corrected chi connectivity index (χ4v) is 3.92. The second kappa shape index (κ2) is 8.33. The van der Waals surface area contributed by atoms with Crippen LogP contribution in [0.5, 0.6) is 0 Å². The van der Waals surface area contributed by atoms with Crippen molar-refractivity contribution in [2.45, 2.75) is 31.5 Å². The highest BCUT2D eigenvalue weighted by Gasteiger charge is 2.32. The normalized spacial score (nSPS) is 18.0. The zero-order valence-corrected chi connectivity index (χ0v) is 16.6. The maximum Gasteiger partial charge on any atom is 0.416 e. The molecular weight excluding hydrogens is 417 g/mol. The smallest absolute Gasteiger partial charge is 0.364 e. The highest BCUT2D eigenvalue weighted by molar-refractivity contribution is 6.00. The highest BCUT2D eigenvalue weighted by atomic mass is 19.4. The Morgan fingerprint density at radius 1 is 1.13 bits per heavy atom. The Morgan fingerprint density at radius 3 is 2.65 bits per heavy atom. The van der Waals surface area contributed by atoms with Gasteiger partial charge in [0.1, 0.15) is 5.69 Å². The number of nitrogens with zero attached hydrogens (tertiary/aromatic N) is 4. The Bertz CT molecular complexity index is 1090. The summed E-state index contributed by atoms with van der Waals surface area (Å²) in [5, 5.41) is 12.7. The molecular formula is C21H20F5N5. The second-order valence-electron chi connectivity index (χ2n) is 7.66. The summed E-state index contributed by atoms with van der Waals surface area (Å²) in [6, 6.07) is 4.02. The molecule has 3 aromatic rings. The minimum Gasteiger partial charge on any atom is -0.364 e. The molecule has 31 heavy (non-hydrogen) atoms. The first-order valence-electron chi connectivity index (χ1n) is 9.79. The predicted molar refractivity (Wildman–Crippen MR) is 107 cm³/mol. The molecule has 0 radical (unpaired) electrons. The number of likely N-dealkylation sites (N-methyl/N-ethyl adjacent to an activating group) is 1. The number of likely N-dealkylation sites (tertiary alicyclic amines) is 1. The van der Waals surface area contributed by atoms with E-state index < -0.39 is 23.7 Å². The largest absolute Gasteiger partial charge is 0.416 e. The van der Waals surface area contributed by atoms with Gasteiger partial charge in [0.25, 0.3) is 6.43 Å². The van der Waals surface area contributed by atoms with E-state index in [0.717, 1.165) is 38.1 Å². The van der Waals surface area contributed by atoms with Crippen LogP contribution in [0.1, 0.15) is 30.4 Å². The second-order valence-corrected chi connectivity index (χ2v) is 7.66. The summed E-state index contributed by atoms with van der Waals surface area (Å²) in [6.07, 6.45) is -2.82. The lowest BCUT2D eigenvalue weighted by molar-refractivity contribution is -0.137. The molecule has 0 unspecified atom stereocenters. The lowest BCUT2D eigenvalue weighted by Gasteiger charge is -2.30. The van der Waals surface area contributed by atoms with Crippen molar-refractivity contribution < 1.29 is 22.0 Å². The van der Waals surface area contributed by atoms with Crippen LogP contribution in [0.15, 0.2) is 36.7 Å². The van der Waals surface area contributed by atoms with Crippen LogP contribution in [0.4, 0.5) is 27.8 Å². The number of anilines is 1. The molecule has 1 atom stereocenters. The van der Waals surface area contributed by atoms with Gasteiger partial charge in [-0.05, 0) is 44.6 Å². The van der Waals surface area contributed by atoms with Crippen molar-refractivity contribution in [3.05, 3.63) is 47.8 Å². The van der Waals surface area contributed by atoms with Crippen molar-refractivity contribution in [2.24, 2.45) is 0 Å². The third-order valence-electron chi connectivity index (χ3n) is 5.42. The molecule has 0 saturated carbocycles. The predicted octanol–water partition coefficient (Wildman–Crippen LogP) is 5.15. The van der Waals surface area contributed by atoms with Crippen molar-refractivity contribution in [1.82, 2.24) is 20.1 Å². The molecule has 1 aliphatic heterocycles. The molecule has 0 amide bonds. The number of pyridine rings is 1. The molecule has 0 spiro atoms. The molecule has 1 aliphatic rings. The van der Waals surface area contributed by atoms with Gasteiger partial charge in [-0.3, -0.25) is 4.98 Å². The van der Waals surface area contributed by atoms with E-state index in [9.17, 15) is 22.0 Å². The number of hydrogen-bond donors (Lipinski definition) is 1. The molecule has 0 aliphatic carbocycles. The van der Waals surface area contributed by atoms with Gasteiger partial charge in [-0.15, -0.1) is 10.2 Å². The van der Waals surface area contributed by atoms with Crippen LogP contribution in [0.3, 0.4) is 0 Å². The van der Waals surface area contributed by atoms with Crippen molar-refractivity contribution >= 4 is 16.6 Å². The average Bonchev–Trinajstić information content (AvgIpc) is 2.73. The molecule has 164 valence electrons. The lowest BCUT2D eigenvalue weighted by Crippen LogP contribution is -2.40. The molecule has 0 bridgehead atoms. The summed E-state index contributed by atoms with van der Waals surface area (Å²) >= 11 is 0. The molecule has 3 heterocycles. The highest BCUT2D eigenvalue weighted by Crippen LogP contribution is 2.39. The lowest BCUT2D eigenvalue weighted by atomic mass is 9.98. The van der Waals surface area contributed by atoms with Gasteiger partial charge in [-0.2, -0.15) is 13.2 Å². The number of fused-ring (bicyclic) bond motifs is 1. The van der Waals surface area contributed by atoms with Gasteiger partial charge in [0.15, 0.2) is 5.82 Å². The average molecular weight is 437 g/mol. The van der Waals surface area contributed by atoms with Crippen LogP contribution >= 0.6 is 0 Å². The molecule has 2 aromatic heterocycles. The zero-order chi connectivity index (χ0) is 22.2. The SMILES string of the molecule is CN1CCC[C@@H](Nc2nnc(-c3ccc(C(F)(F)F)cc3C(F)F)c3ccncc23)C1. The minimum atomic E-state index is -4.72. The van der Waals surface area contributed by atoms with Crippen LogP contribution in [-0.4, -0.2) is 46.3 Å². The fraction of sp³-hybridized carbons (Fsp3) is 0.381. The molecule has 5 nitrogen and oxygen atoms in total. The third-order valence-corrected chi connectivity index (χ3v) is 5.42. The summed E-state index contributed by atoms with van der Waals surface area (Å²) in [6.45, 7) is 1.83. The Hall–Kier alpha value is -2.88. The number of alkyl halides is 5. The summed E-state index contributed by atoms with van der Waals surface area (Å²) in [4.78, 5) is 6.30. The van der Waals surface area contributed by atoms with E-state index >= 15 is 0 Å². The first-order chi connectivity index (χ1) is 14.7. The number of aromatic nitrogens is 3. The molecule has 1 fully saturated rings. The van der Waals surface area contributed by atoms with E-state index in [4.69, 9.17) is 0 Å². The third kappa shape index (κ3) is 4.43. The summed E-state index contributed by atoms with van der Waals surface area (Å²) in [7, 11) is 2.03. The number of rotatable bonds is 4. The summed E-state index contributed by atoms with van der Waals surface area (Å²) in [5.74, 6) is 0.470. The number of halogens is 5. The van der Waals surface area contributed by atoms with E-state index in [-0.39, 0.29) is 17.3 Å². The quantitative estimate of drug-likeness (QED) is 0.572. The monoisotopic (exact) mass is 437 g/mol. The van der Waals surface area contributed by atoms with Crippen LogP contribution in [0.25, 0.3) is 22.0 Å². The van der Waals surface area contributed by atoms with Gasteiger partial charge in [0.05, 0.1) is 5.56 Å². The molecule has 4 rings (SSSR count). The van der Waals surface area contributed by atoms with Gasteiger partial charge in [-0.1, -0.05) is 6.07 Å². The van der Waals surface area contributed by atoms with E-state index in [2.05, 4.69) is 25.4 Å². The standard InChI is InChI=1S/C21H20F5N5/c1-31-8-2-3-13(11-31)28-20-17-10-27-7-6-15(17)18(29-30-20)14-5-4-12(21(24,25)26)9-16(14)19(22)23/h4-7,9-10,13,19H,2-3,8,11H2,1H3,(H,28,30)/t13-/m1/s1. The number of nitrogens with one attached hydrogen (secondary N) is 1. The van der Waals surface area contributed by atoms with Gasteiger partial charge in [-0.25, -0.2) is 8.78 Å². The Labute approximate surface area is 175 Å². The first-order valence-corrected chi connectivity index (χ1v) is 9.79. The first kappa shape index (κ1) is 21.4. The van der Waals surface area contributed by atoms with E-state index in [0.29, 0.717) is 22.7 Å². The van der Waals surface area contributed by atoms with Crippen molar-refractivity contribution in [3.8, 4) is 11.3 Å². The zero-order valence-electron chi connectivity index (χ0n) is 16.6. The molecule has 1 N–H and O–H groups in total. The van der Waals surface area contributed by atoms with E-state index in [1.54, 1.807) is 12.3 Å². The number of hydrogen-bond acceptors (Lipinski definition) is 5. The van der Waals surface area contributed by atoms with Gasteiger partial charge in [0.2, 0.25) is 0 Å². The Kier molecular flexibility index (Phi) is 5.74. The minimum absolute atomic E-state index is 0.0874. The molecule has 1 saturated heterocycles. The number of benzene rings is 1. The maximum atomic E-state index is 13.7. The summed E-state index contributed by atoms with van der Waals surface area (Å²) < 4.78 is 66.4. The van der Waals surface area contributed by atoms with Crippen molar-refractivity contribution in [2.75, 3.05) is 25.5 Å². The van der Waals surface area contributed by atoms with E-state index in [1.165, 1.54) is 6.20 Å². The van der Waals surface area contributed by atoms with Gasteiger partial charge >= 0.3 is 6.18 Å². The molecule has 10 heteroatoms. The Morgan fingerprint density at radius 2 is 1.94 bits per heavy atom. The van der Waals surface area contributed by atoms with Crippen LogP contribution in [0.2, 0.25) is 0 Å². The van der Waals surface area contributed by atoms with Crippen LogP contribution in [-0.2, 0) is 6.18 Å². The summed E-state index contributed by atoms with van der Waals surface area (Å²) in [5.41, 5.74) is -1.87. The van der Waals surface area contributed by atoms with Gasteiger partial charge in [0, 0.05) is 46.9 Å². The van der Waals surface area contributed by atoms with Crippen molar-refractivity contribution in [3.63, 3.8) is 0 Å². The van der Waals surface area contributed by atoms with Crippen molar-refractivity contribution in [1.29, 1.82) is 0 Å². The number of piperidine rings is 1. The van der Waals surface area contributed by atoms with Gasteiger partial charge < -0.3 is 10.2 Å².